The Labute approximate surface area is 223 Å². The summed E-state index contributed by atoms with van der Waals surface area (Å²) >= 11 is 5.73. The zero-order valence-electron chi connectivity index (χ0n) is 21.4. The number of ether oxygens (including phenoxy) is 4. The maximum atomic E-state index is 12.3. The van der Waals surface area contributed by atoms with Crippen molar-refractivity contribution in [2.45, 2.75) is 64.8 Å². The van der Waals surface area contributed by atoms with Crippen LogP contribution in [0.1, 0.15) is 33.9 Å². The summed E-state index contributed by atoms with van der Waals surface area (Å²) < 4.78 is 25.7. The predicted octanol–water partition coefficient (Wildman–Crippen LogP) is 1.49. The van der Waals surface area contributed by atoms with Crippen molar-refractivity contribution >= 4 is 36.0 Å². The smallest absolute Gasteiger partial charge is 0.303 e. The van der Waals surface area contributed by atoms with Crippen LogP contribution in [0.15, 0.2) is 37.2 Å². The number of carbonyl (C=O) groups is 4. The lowest BCUT2D eigenvalue weighted by Crippen LogP contribution is -2.64. The molecule has 3 rings (SSSR count). The Balaban J connectivity index is 2.20. The predicted molar refractivity (Wildman–Crippen MR) is 134 cm³/mol. The molecule has 5 atom stereocenters. The molecule has 0 aromatic carbocycles. The van der Waals surface area contributed by atoms with E-state index >= 15 is 0 Å². The molecular formula is C24H29N5O8S. The quantitative estimate of drug-likeness (QED) is 0.210. The normalized spacial score (nSPS) is 22.7. The van der Waals surface area contributed by atoms with E-state index in [0.717, 1.165) is 0 Å². The number of hydrogen-bond acceptors (Lipinski definition) is 11. The highest BCUT2D eigenvalue weighted by atomic mass is 32.1. The van der Waals surface area contributed by atoms with Crippen molar-refractivity contribution in [3.63, 3.8) is 0 Å². The van der Waals surface area contributed by atoms with E-state index in [0.29, 0.717) is 17.9 Å². The fourth-order valence-corrected chi connectivity index (χ4v) is 4.41. The van der Waals surface area contributed by atoms with Crippen LogP contribution in [0.25, 0.3) is 11.4 Å². The van der Waals surface area contributed by atoms with Crippen LogP contribution in [0.5, 0.6) is 0 Å². The number of hydrogen-bond donors (Lipinski definition) is 1. The van der Waals surface area contributed by atoms with Crippen LogP contribution >= 0.6 is 12.2 Å². The lowest BCUT2D eigenvalue weighted by Gasteiger charge is -2.45. The average molecular weight is 548 g/mol. The van der Waals surface area contributed by atoms with Gasteiger partial charge in [-0.3, -0.25) is 28.7 Å². The highest BCUT2D eigenvalue weighted by Gasteiger charge is 2.52. The van der Waals surface area contributed by atoms with E-state index in [-0.39, 0.29) is 11.4 Å². The van der Waals surface area contributed by atoms with Crippen LogP contribution in [-0.4, -0.2) is 74.1 Å². The largest absolute Gasteiger partial charge is 0.463 e. The Kier molecular flexibility index (Phi) is 9.47. The van der Waals surface area contributed by atoms with Crippen molar-refractivity contribution in [3.05, 3.63) is 42.0 Å². The van der Waals surface area contributed by atoms with Gasteiger partial charge in [-0.15, -0.1) is 11.7 Å². The van der Waals surface area contributed by atoms with E-state index in [1.807, 2.05) is 0 Å². The van der Waals surface area contributed by atoms with Crippen LogP contribution in [0.2, 0.25) is 0 Å². The molecule has 1 saturated heterocycles. The lowest BCUT2D eigenvalue weighted by atomic mass is 9.95. The topological polar surface area (TPSA) is 153 Å². The fraction of sp³-hybridized carbons (Fsp3) is 0.458. The second-order valence-electron chi connectivity index (χ2n) is 8.43. The molecule has 204 valence electrons. The van der Waals surface area contributed by atoms with Crippen LogP contribution in [0.3, 0.4) is 0 Å². The zero-order chi connectivity index (χ0) is 28.0. The second-order valence-corrected chi connectivity index (χ2v) is 8.79. The second kappa shape index (κ2) is 12.6. The molecule has 1 N–H and O–H groups in total. The summed E-state index contributed by atoms with van der Waals surface area (Å²) in [5.41, 5.74) is 0.698. The van der Waals surface area contributed by atoms with E-state index in [9.17, 15) is 19.2 Å². The molecule has 13 nitrogen and oxygen atoms in total. The first kappa shape index (κ1) is 28.7. The molecule has 1 aliphatic rings. The Morgan fingerprint density at radius 1 is 1.08 bits per heavy atom. The van der Waals surface area contributed by atoms with Crippen molar-refractivity contribution in [3.8, 4) is 11.4 Å². The fourth-order valence-electron chi connectivity index (χ4n) is 4.10. The Hall–Kier alpha value is -3.91. The molecule has 1 fully saturated rings. The summed E-state index contributed by atoms with van der Waals surface area (Å²) in [4.78, 5) is 52.0. The molecule has 0 unspecified atom stereocenters. The van der Waals surface area contributed by atoms with Crippen LogP contribution in [0, 0.1) is 4.77 Å². The average Bonchev–Trinajstić information content (AvgIpc) is 3.16. The maximum absolute atomic E-state index is 12.3. The highest BCUT2D eigenvalue weighted by Crippen LogP contribution is 2.33. The Morgan fingerprint density at radius 3 is 2.26 bits per heavy atom. The molecule has 38 heavy (non-hydrogen) atoms. The van der Waals surface area contributed by atoms with E-state index in [2.05, 4.69) is 22.0 Å². The molecule has 1 aliphatic heterocycles. The molecule has 2 aromatic rings. The minimum Gasteiger partial charge on any atom is -0.463 e. The Morgan fingerprint density at radius 2 is 1.71 bits per heavy atom. The monoisotopic (exact) mass is 547 g/mol. The summed E-state index contributed by atoms with van der Waals surface area (Å²) in [5.74, 6) is -2.02. The van der Waals surface area contributed by atoms with Gasteiger partial charge in [0.25, 0.3) is 0 Å². The number of amides is 1. The number of nitrogens with zero attached hydrogens (tertiary/aromatic N) is 4. The minimum absolute atomic E-state index is 0.204. The van der Waals surface area contributed by atoms with Gasteiger partial charge in [-0.1, -0.05) is 6.08 Å². The molecule has 0 bridgehead atoms. The zero-order valence-corrected chi connectivity index (χ0v) is 22.2. The number of aromatic nitrogens is 4. The first-order chi connectivity index (χ1) is 18.0. The number of rotatable bonds is 9. The molecule has 0 saturated carbocycles. The van der Waals surface area contributed by atoms with Crippen molar-refractivity contribution in [2.75, 3.05) is 6.61 Å². The van der Waals surface area contributed by atoms with Gasteiger partial charge in [-0.05, 0) is 24.4 Å². The number of nitrogens with one attached hydrogen (secondary N) is 1. The number of esters is 3. The van der Waals surface area contributed by atoms with Gasteiger partial charge >= 0.3 is 17.9 Å². The van der Waals surface area contributed by atoms with Crippen molar-refractivity contribution < 1.29 is 38.1 Å². The molecule has 1 amide bonds. The van der Waals surface area contributed by atoms with E-state index < -0.39 is 54.4 Å². The summed E-state index contributed by atoms with van der Waals surface area (Å²) in [6, 6.07) is 2.39. The van der Waals surface area contributed by atoms with E-state index in [4.69, 9.17) is 31.2 Å². The summed E-state index contributed by atoms with van der Waals surface area (Å²) in [7, 11) is 0. The third-order valence-corrected chi connectivity index (χ3v) is 5.87. The third kappa shape index (κ3) is 6.69. The van der Waals surface area contributed by atoms with Gasteiger partial charge in [0.2, 0.25) is 10.7 Å². The number of pyridine rings is 1. The van der Waals surface area contributed by atoms with Crippen molar-refractivity contribution in [2.24, 2.45) is 0 Å². The maximum Gasteiger partial charge on any atom is 0.303 e. The third-order valence-electron chi connectivity index (χ3n) is 5.47. The summed E-state index contributed by atoms with van der Waals surface area (Å²) in [6.45, 7) is 8.56. The summed E-state index contributed by atoms with van der Waals surface area (Å²) in [6.07, 6.45) is 0.114. The highest BCUT2D eigenvalue weighted by molar-refractivity contribution is 7.71. The SMILES string of the molecule is C=CCn1c(-c2ccncc2)nn([C@@H]2O[C@H](COC(C)=O)[C@@H](OC(C)=O)[C@H](OC(C)=O)[C@H]2NC(C)=O)c1=S. The van der Waals surface area contributed by atoms with Gasteiger partial charge in [-0.2, -0.15) is 0 Å². The van der Waals surface area contributed by atoms with Crippen LogP contribution in [-0.2, 0) is 44.7 Å². The van der Waals surface area contributed by atoms with Crippen molar-refractivity contribution in [1.82, 2.24) is 24.6 Å². The van der Waals surface area contributed by atoms with Crippen molar-refractivity contribution in [1.29, 1.82) is 0 Å². The number of carbonyl (C=O) groups excluding carboxylic acids is 4. The molecule has 3 heterocycles. The van der Waals surface area contributed by atoms with Gasteiger partial charge in [0, 0.05) is 52.2 Å². The Bertz CT molecular complexity index is 1260. The molecule has 2 aromatic heterocycles. The van der Waals surface area contributed by atoms with E-state index in [1.54, 1.807) is 35.2 Å². The van der Waals surface area contributed by atoms with Gasteiger partial charge in [0.1, 0.15) is 18.8 Å². The molecule has 0 spiro atoms. The molecule has 0 radical (unpaired) electrons. The molecule has 0 aliphatic carbocycles. The first-order valence-electron chi connectivity index (χ1n) is 11.6. The van der Waals surface area contributed by atoms with Gasteiger partial charge < -0.3 is 24.3 Å². The lowest BCUT2D eigenvalue weighted by molar-refractivity contribution is -0.239. The molecular weight excluding hydrogens is 518 g/mol. The van der Waals surface area contributed by atoms with Gasteiger partial charge in [-0.25, -0.2) is 4.68 Å². The van der Waals surface area contributed by atoms with Gasteiger partial charge in [0.15, 0.2) is 24.3 Å². The van der Waals surface area contributed by atoms with Gasteiger partial charge in [0.05, 0.1) is 0 Å². The van der Waals surface area contributed by atoms with Crippen LogP contribution < -0.4 is 5.32 Å². The van der Waals surface area contributed by atoms with E-state index in [1.165, 1.54) is 32.4 Å². The standard InChI is InChI=1S/C24H29N5O8S/c1-6-11-28-22(17-7-9-25-10-8-17)27-29(24(28)38)23-19(26-13(2)30)21(36-16(5)33)20(35-15(4)32)18(37-23)12-34-14(3)31/h6-10,18-21,23H,1,11-12H2,2-5H3,(H,26,30)/t18-,19-,20-,21-,23-/m1/s1. The number of allylic oxidation sites excluding steroid dienone is 1. The molecule has 14 heteroatoms. The first-order valence-corrected chi connectivity index (χ1v) is 12.0. The minimum atomic E-state index is -1.24. The van der Waals surface area contributed by atoms with Crippen LogP contribution in [0.4, 0.5) is 0 Å². The summed E-state index contributed by atoms with van der Waals surface area (Å²) in [5, 5.41) is 7.39.